The van der Waals surface area contributed by atoms with Gasteiger partial charge in [0.05, 0.1) is 51.2 Å². The largest absolute Gasteiger partial charge is 0.462 e. The molecule has 8 rings (SSSR count). The second-order valence-corrected chi connectivity index (χ2v) is 23.7. The van der Waals surface area contributed by atoms with Crippen molar-refractivity contribution in [1.82, 2.24) is 42.1 Å². The van der Waals surface area contributed by atoms with Gasteiger partial charge in [-0.1, -0.05) is 91.9 Å². The van der Waals surface area contributed by atoms with Gasteiger partial charge >= 0.3 is 0 Å². The third-order valence-corrected chi connectivity index (χ3v) is 17.2. The first-order chi connectivity index (χ1) is 45.9. The molecular weight excluding hydrogens is 1270 g/mol. The Balaban J connectivity index is 1.01. The molecule has 3 aromatic carbocycles. The Labute approximate surface area is 549 Å². The molecule has 0 aliphatic carbocycles. The molecule has 0 aromatic heterocycles. The molecule has 5 fully saturated rings. The highest BCUT2D eigenvalue weighted by molar-refractivity contribution is 5.96. The number of benzene rings is 3. The molecule has 5 saturated heterocycles. The van der Waals surface area contributed by atoms with Crippen molar-refractivity contribution in [3.8, 4) is 5.75 Å². The van der Waals surface area contributed by atoms with E-state index in [-0.39, 0.29) is 37.0 Å². The van der Waals surface area contributed by atoms with Crippen LogP contribution in [-0.4, -0.2) is 306 Å². The smallest absolute Gasteiger partial charge is 0.246 e. The van der Waals surface area contributed by atoms with E-state index in [2.05, 4.69) is 37.2 Å². The summed E-state index contributed by atoms with van der Waals surface area (Å²) in [6.07, 6.45) is -26.1. The molecule has 527 valence electrons. The number of aliphatic hydroxyl groups excluding tert-OH is 13. The van der Waals surface area contributed by atoms with E-state index in [1.54, 1.807) is 49.4 Å². The molecule has 35 heteroatoms. The van der Waals surface area contributed by atoms with Gasteiger partial charge in [0, 0.05) is 25.4 Å². The second-order valence-electron chi connectivity index (χ2n) is 23.7. The summed E-state index contributed by atoms with van der Waals surface area (Å²) in [6, 6.07) is 11.2. The van der Waals surface area contributed by atoms with Crippen LogP contribution in [0.5, 0.6) is 5.75 Å². The van der Waals surface area contributed by atoms with Crippen LogP contribution in [0.2, 0.25) is 0 Å². The molecule has 35 nitrogen and oxygen atoms in total. The van der Waals surface area contributed by atoms with Crippen molar-refractivity contribution < 1.29 is 119 Å². The summed E-state index contributed by atoms with van der Waals surface area (Å²) in [7, 11) is 0. The Morgan fingerprint density at radius 3 is 1.93 bits per heavy atom. The lowest BCUT2D eigenvalue weighted by Gasteiger charge is -2.46. The molecule has 96 heavy (non-hydrogen) atoms. The summed E-state index contributed by atoms with van der Waals surface area (Å²) < 4.78 is 34.6. The number of hydrogen-bond donors (Lipinski definition) is 23. The van der Waals surface area contributed by atoms with Crippen molar-refractivity contribution in [2.24, 2.45) is 5.73 Å². The Morgan fingerprint density at radius 1 is 0.688 bits per heavy atom. The number of rotatable bonds is 30. The van der Waals surface area contributed by atoms with Gasteiger partial charge in [-0.15, -0.1) is 0 Å². The monoisotopic (exact) mass is 1350 g/mol. The molecule has 1 radical (unpaired) electrons. The van der Waals surface area contributed by atoms with E-state index in [4.69, 9.17) is 45.0 Å². The van der Waals surface area contributed by atoms with E-state index in [1.165, 1.54) is 30.6 Å². The number of nitrogens with zero attached hydrogens (tertiary/aromatic N) is 1. The number of ether oxygens (including phenoxy) is 6. The fraction of sp³-hybridized carbons (Fsp3) is 0.557. The lowest BCUT2D eigenvalue weighted by Crippen LogP contribution is -2.69. The molecule has 4 amide bonds. The van der Waals surface area contributed by atoms with Gasteiger partial charge in [0.25, 0.3) is 0 Å². The van der Waals surface area contributed by atoms with Gasteiger partial charge in [-0.25, -0.2) is 0 Å². The maximum Gasteiger partial charge on any atom is 0.246 e. The average molecular weight is 1360 g/mol. The zero-order chi connectivity index (χ0) is 69.7. The summed E-state index contributed by atoms with van der Waals surface area (Å²) in [4.78, 5) is 70.8. The van der Waals surface area contributed by atoms with Crippen molar-refractivity contribution in [2.75, 3.05) is 46.1 Å². The van der Waals surface area contributed by atoms with Crippen LogP contribution in [-0.2, 0) is 54.1 Å². The Kier molecular flexibility index (Phi) is 26.4. The van der Waals surface area contributed by atoms with Crippen molar-refractivity contribution in [1.29, 1.82) is 10.8 Å². The number of carbonyl (C=O) groups is 4. The Bertz CT molecular complexity index is 3100. The minimum atomic E-state index is -2.29. The Hall–Kier alpha value is -7.47. The van der Waals surface area contributed by atoms with Crippen LogP contribution < -0.4 is 47.7 Å². The Morgan fingerprint density at radius 2 is 1.29 bits per heavy atom. The number of amides is 4. The highest BCUT2D eigenvalue weighted by Crippen LogP contribution is 2.32. The number of guanidine groups is 2. The van der Waals surface area contributed by atoms with Gasteiger partial charge in [0.15, 0.2) is 24.4 Å². The summed E-state index contributed by atoms with van der Waals surface area (Å²) in [5, 5.41) is 176. The lowest BCUT2D eigenvalue weighted by atomic mass is 9.93. The third kappa shape index (κ3) is 17.8. The average Bonchev–Trinajstić information content (AvgIpc) is 1.46. The van der Waals surface area contributed by atoms with E-state index in [1.807, 2.05) is 30.3 Å². The highest BCUT2D eigenvalue weighted by Gasteiger charge is 2.54. The molecule has 24 N–H and O–H groups in total. The molecule has 0 bridgehead atoms. The predicted molar refractivity (Wildman–Crippen MR) is 330 cm³/mol. The minimum absolute atomic E-state index is 0.0406. The molecule has 5 heterocycles. The van der Waals surface area contributed by atoms with Gasteiger partial charge in [-0.05, 0) is 28.8 Å². The fourth-order valence-electron chi connectivity index (χ4n) is 11.5. The predicted octanol–water partition coefficient (Wildman–Crippen LogP) is -9.63. The lowest BCUT2D eigenvalue weighted by molar-refractivity contribution is -0.353. The van der Waals surface area contributed by atoms with Crippen LogP contribution in [0.1, 0.15) is 29.5 Å². The molecular formula is C61H84N11O24. The molecule has 0 spiro atoms. The first-order valence-electron chi connectivity index (χ1n) is 30.8. The maximum atomic E-state index is 14.9. The first-order valence-corrected chi connectivity index (χ1v) is 30.8. The summed E-state index contributed by atoms with van der Waals surface area (Å²) in [5.74, 6) is -6.52. The van der Waals surface area contributed by atoms with Crippen LogP contribution in [0, 0.1) is 10.8 Å². The van der Waals surface area contributed by atoms with Crippen molar-refractivity contribution in [3.63, 3.8) is 0 Å². The molecule has 25 atom stereocenters. The zero-order valence-electron chi connectivity index (χ0n) is 51.7. The topological polar surface area (TPSA) is 565 Å². The van der Waals surface area contributed by atoms with Crippen molar-refractivity contribution in [3.05, 3.63) is 108 Å². The molecule has 5 aliphatic rings. The number of nitrogens with two attached hydrogens (primary N) is 1. The molecule has 3 aromatic rings. The molecule has 0 saturated carbocycles. The molecule has 20 unspecified atom stereocenters. The van der Waals surface area contributed by atoms with E-state index < -0.39 is 215 Å². The summed E-state index contributed by atoms with van der Waals surface area (Å²) in [5.41, 5.74) is 8.32. The van der Waals surface area contributed by atoms with Gasteiger partial charge in [0.1, 0.15) is 115 Å². The number of aliphatic hydroxyl groups is 13. The van der Waals surface area contributed by atoms with Gasteiger partial charge < -0.3 is 143 Å². The third-order valence-electron chi connectivity index (χ3n) is 17.2. The number of carbonyl (C=O) groups excluding carboxylic acids is 5. The number of hydrogen-bond acceptors (Lipinski definition) is 27. The minimum Gasteiger partial charge on any atom is -0.462 e. The number of nitrogens with one attached hydrogen (secondary N) is 9. The van der Waals surface area contributed by atoms with Crippen LogP contribution >= 0.6 is 0 Å². The van der Waals surface area contributed by atoms with E-state index in [0.717, 1.165) is 10.5 Å². The van der Waals surface area contributed by atoms with Gasteiger partial charge in [-0.3, -0.25) is 34.8 Å². The maximum absolute atomic E-state index is 14.9. The summed E-state index contributed by atoms with van der Waals surface area (Å²) >= 11 is 0. The van der Waals surface area contributed by atoms with Crippen molar-refractivity contribution in [2.45, 2.75) is 166 Å². The first kappa shape index (κ1) is 74.3. The summed E-state index contributed by atoms with van der Waals surface area (Å²) in [6.45, 7) is -2.04. The van der Waals surface area contributed by atoms with E-state index in [9.17, 15) is 90.4 Å². The van der Waals surface area contributed by atoms with Crippen LogP contribution in [0.15, 0.2) is 91.0 Å². The SMILES string of the molecule is CC(c1ccccc1)[C@H](N)C(=O)N[C@@H](Cc1ccc(OC2OC(CO)C(OC3OC(COCC=Cc4ccccc4)C(O)C(O)C3O)C(O)C2O)cc1)C(=O)N[C@H](C(=O)N[C@H](C(=O)N[C@H]([C]=O)CO)C(O)C1CNC(=N)N1C1OC(CO)C(O)C(O)C1O)C(O)C1CNC(=N)N1. The molecule has 5 aliphatic heterocycles. The second kappa shape index (κ2) is 34.2. The van der Waals surface area contributed by atoms with Crippen LogP contribution in [0.25, 0.3) is 6.08 Å². The zero-order valence-corrected chi connectivity index (χ0v) is 51.7. The van der Waals surface area contributed by atoms with Crippen molar-refractivity contribution >= 4 is 47.9 Å². The van der Waals surface area contributed by atoms with E-state index in [0.29, 0.717) is 5.56 Å². The van der Waals surface area contributed by atoms with E-state index >= 15 is 0 Å². The van der Waals surface area contributed by atoms with Crippen LogP contribution in [0.3, 0.4) is 0 Å². The highest BCUT2D eigenvalue weighted by atomic mass is 16.7. The quantitative estimate of drug-likeness (QED) is 0.0276. The van der Waals surface area contributed by atoms with Crippen LogP contribution in [0.4, 0.5) is 0 Å². The van der Waals surface area contributed by atoms with Gasteiger partial charge in [-0.2, -0.15) is 0 Å². The standard InChI is InChI=1S/C61H84N11O24/c1-27(30-12-6-3-7-13-30)39(62)54(88)68-33(19-29-14-16-32(17-15-29)92-58-51(86)48(83)52(37(25-76)94-58)96-59-50(85)47(82)45(80)38(95-59)26-91-18-8-11-28-9-4-2-5-10-28)53(87)70-40(42(77)34-20-65-60(63)69-34)56(90)71-41(55(89)67-31(22-73)23-74)43(78)35-21-66-61(64)72(35)57-49(84)46(81)44(79)36(24-75)93-57/h2-17,27,31,33-52,57-59,73,75-86H,18-22,24-26,62H2,1H3,(H2,64,66)(H,67,89)(H,68,88)(H,70,87)(H,71,90)(H3,63,65,69)/t27?,31-,33-,34?,35?,36?,37?,38?,39-,40-,41-,42?,43?,44?,45?,46?,47?,48?,49?,50?,51?,52?,57?,58?,59?/m0/s1. The van der Waals surface area contributed by atoms with Gasteiger partial charge in [0.2, 0.25) is 36.2 Å². The normalized spacial score (nSPS) is 31.6. The fourth-order valence-corrected chi connectivity index (χ4v) is 11.5.